The van der Waals surface area contributed by atoms with Crippen LogP contribution in [0.4, 0.5) is 5.82 Å². The van der Waals surface area contributed by atoms with Crippen LogP contribution in [0.5, 0.6) is 0 Å². The van der Waals surface area contributed by atoms with Gasteiger partial charge in [0.2, 0.25) is 0 Å². The maximum atomic E-state index is 11.3. The Kier molecular flexibility index (Phi) is 3.77. The van der Waals surface area contributed by atoms with Gasteiger partial charge in [-0.1, -0.05) is 0 Å². The number of rotatable bonds is 5. The molecule has 0 amide bonds. The van der Waals surface area contributed by atoms with Gasteiger partial charge in [0.05, 0.1) is 6.33 Å². The topological polar surface area (TPSA) is 144 Å². The van der Waals surface area contributed by atoms with Crippen molar-refractivity contribution in [2.45, 2.75) is 37.9 Å². The maximum Gasteiger partial charge on any atom is 0.302 e. The highest BCUT2D eigenvalue weighted by Crippen LogP contribution is 2.51. The van der Waals surface area contributed by atoms with Crippen LogP contribution in [-0.4, -0.2) is 62.5 Å². The number of carbonyl (C=O) groups is 2. The van der Waals surface area contributed by atoms with Crippen LogP contribution < -0.4 is 5.73 Å². The Morgan fingerprint density at radius 2 is 1.92 bits per heavy atom. The molecule has 0 aliphatic carbocycles. The van der Waals surface area contributed by atoms with Crippen molar-refractivity contribution >= 4 is 28.9 Å². The Morgan fingerprint density at radius 1 is 1.23 bits per heavy atom. The fraction of sp³-hybridized carbons (Fsp3) is 0.533. The Hall–Kier alpha value is -2.79. The molecule has 0 spiro atoms. The molecule has 4 rings (SSSR count). The molecule has 138 valence electrons. The van der Waals surface area contributed by atoms with Crippen LogP contribution in [0.2, 0.25) is 0 Å². The van der Waals surface area contributed by atoms with Crippen molar-refractivity contribution in [1.29, 1.82) is 0 Å². The van der Waals surface area contributed by atoms with Crippen LogP contribution in [0.1, 0.15) is 20.1 Å². The third kappa shape index (κ3) is 2.65. The second-order valence-electron chi connectivity index (χ2n) is 6.24. The van der Waals surface area contributed by atoms with E-state index in [1.54, 1.807) is 4.57 Å². The first-order valence-electron chi connectivity index (χ1n) is 7.94. The third-order valence-corrected chi connectivity index (χ3v) is 4.38. The Balaban J connectivity index is 1.64. The minimum absolute atomic E-state index is 0.100. The van der Waals surface area contributed by atoms with Crippen LogP contribution in [0.25, 0.3) is 11.2 Å². The molecule has 2 fully saturated rings. The average molecular weight is 363 g/mol. The van der Waals surface area contributed by atoms with E-state index in [4.69, 9.17) is 24.7 Å². The molecule has 11 nitrogen and oxygen atoms in total. The quantitative estimate of drug-likeness (QED) is 0.548. The molecule has 2 aliphatic rings. The van der Waals surface area contributed by atoms with Gasteiger partial charge in [-0.3, -0.25) is 14.2 Å². The molecular formula is C15H17N5O6. The summed E-state index contributed by atoms with van der Waals surface area (Å²) in [7, 11) is 0. The molecule has 26 heavy (non-hydrogen) atoms. The lowest BCUT2D eigenvalue weighted by Crippen LogP contribution is -2.46. The summed E-state index contributed by atoms with van der Waals surface area (Å²) in [5.74, 6) is -0.679. The van der Waals surface area contributed by atoms with Crippen molar-refractivity contribution in [3.05, 3.63) is 12.7 Å². The van der Waals surface area contributed by atoms with Gasteiger partial charge in [-0.05, 0) is 0 Å². The number of nitrogens with zero attached hydrogens (tertiary/aromatic N) is 4. The van der Waals surface area contributed by atoms with Gasteiger partial charge in [-0.2, -0.15) is 0 Å². The first kappa shape index (κ1) is 16.7. The van der Waals surface area contributed by atoms with Crippen molar-refractivity contribution < 1.29 is 28.5 Å². The summed E-state index contributed by atoms with van der Waals surface area (Å²) in [6.07, 6.45) is 1.59. The lowest BCUT2D eigenvalue weighted by molar-refractivity contribution is -0.192. The highest BCUT2D eigenvalue weighted by molar-refractivity contribution is 5.81. The molecule has 0 unspecified atom stereocenters. The molecule has 2 aromatic heterocycles. The summed E-state index contributed by atoms with van der Waals surface area (Å²) >= 11 is 0. The summed E-state index contributed by atoms with van der Waals surface area (Å²) in [6.45, 7) is 2.38. The van der Waals surface area contributed by atoms with Crippen molar-refractivity contribution in [1.82, 2.24) is 19.5 Å². The lowest BCUT2D eigenvalue weighted by Gasteiger charge is -2.30. The summed E-state index contributed by atoms with van der Waals surface area (Å²) in [5, 5.41) is 0. The second kappa shape index (κ2) is 5.88. The highest BCUT2D eigenvalue weighted by atomic mass is 16.7. The third-order valence-electron chi connectivity index (χ3n) is 4.38. The molecule has 3 atom stereocenters. The molecule has 2 N–H and O–H groups in total. The Bertz CT molecular complexity index is 865. The van der Waals surface area contributed by atoms with Gasteiger partial charge in [0.15, 0.2) is 23.3 Å². The SMILES string of the molecule is CC(=O)OCC1(COC(C)=O)O[C@@H](n2cnc3c(N)ncnc32)[C@@H]2O[C@@H]21. The van der Waals surface area contributed by atoms with Gasteiger partial charge >= 0.3 is 11.9 Å². The molecule has 0 saturated carbocycles. The first-order chi connectivity index (χ1) is 12.4. The monoisotopic (exact) mass is 363 g/mol. The largest absolute Gasteiger partial charge is 0.463 e. The minimum Gasteiger partial charge on any atom is -0.463 e. The molecule has 4 heterocycles. The molecule has 2 saturated heterocycles. The first-order valence-corrected chi connectivity index (χ1v) is 7.94. The predicted molar refractivity (Wildman–Crippen MR) is 84.5 cm³/mol. The smallest absolute Gasteiger partial charge is 0.302 e. The lowest BCUT2D eigenvalue weighted by atomic mass is 10.0. The standard InChI is InChI=1S/C15H17N5O6/c1-7(21)23-3-15(4-24-8(2)22)11-10(25-11)14(26-15)20-6-19-9-12(16)17-5-18-13(9)20/h5-6,10-11,14H,3-4H2,1-2H3,(H2,16,17,18)/t10-,11+,14-/m1/s1. The number of aromatic nitrogens is 4. The van der Waals surface area contributed by atoms with E-state index >= 15 is 0 Å². The number of anilines is 1. The number of epoxide rings is 1. The van der Waals surface area contributed by atoms with E-state index in [2.05, 4.69) is 15.0 Å². The Labute approximate surface area is 147 Å². The van der Waals surface area contributed by atoms with Gasteiger partial charge in [0.1, 0.15) is 37.3 Å². The van der Waals surface area contributed by atoms with E-state index in [0.717, 1.165) is 0 Å². The molecule has 0 radical (unpaired) electrons. The van der Waals surface area contributed by atoms with E-state index in [0.29, 0.717) is 11.2 Å². The highest BCUT2D eigenvalue weighted by Gasteiger charge is 2.68. The van der Waals surface area contributed by atoms with E-state index in [1.807, 2.05) is 0 Å². The number of nitrogen functional groups attached to an aromatic ring is 1. The van der Waals surface area contributed by atoms with Crippen LogP contribution in [-0.2, 0) is 28.5 Å². The maximum absolute atomic E-state index is 11.3. The predicted octanol–water partition coefficient (Wildman–Crippen LogP) is -0.430. The van der Waals surface area contributed by atoms with Crippen LogP contribution in [0.3, 0.4) is 0 Å². The fourth-order valence-electron chi connectivity index (χ4n) is 3.13. The summed E-state index contributed by atoms with van der Waals surface area (Å²) < 4.78 is 23.8. The van der Waals surface area contributed by atoms with Gasteiger partial charge < -0.3 is 24.7 Å². The molecule has 11 heteroatoms. The number of carbonyl (C=O) groups excluding carboxylic acids is 2. The number of nitrogens with two attached hydrogens (primary N) is 1. The summed E-state index contributed by atoms with van der Waals surface area (Å²) in [6, 6.07) is 0. The molecule has 0 aromatic carbocycles. The van der Waals surface area contributed by atoms with Crippen LogP contribution in [0, 0.1) is 0 Å². The summed E-state index contributed by atoms with van der Waals surface area (Å²) in [5.41, 5.74) is 5.66. The van der Waals surface area contributed by atoms with Crippen molar-refractivity contribution in [2.75, 3.05) is 18.9 Å². The number of hydrogen-bond donors (Lipinski definition) is 1. The molecule has 0 bridgehead atoms. The molecular weight excluding hydrogens is 346 g/mol. The van der Waals surface area contributed by atoms with Gasteiger partial charge in [-0.15, -0.1) is 0 Å². The molecule has 2 aromatic rings. The average Bonchev–Trinajstić information content (AvgIpc) is 3.17. The summed E-state index contributed by atoms with van der Waals surface area (Å²) in [4.78, 5) is 34.8. The minimum atomic E-state index is -1.10. The van der Waals surface area contributed by atoms with E-state index in [-0.39, 0.29) is 31.2 Å². The normalized spacial score (nSPS) is 25.7. The zero-order valence-corrected chi connectivity index (χ0v) is 14.1. The fourth-order valence-corrected chi connectivity index (χ4v) is 3.13. The van der Waals surface area contributed by atoms with Crippen LogP contribution >= 0.6 is 0 Å². The number of hydrogen-bond acceptors (Lipinski definition) is 10. The van der Waals surface area contributed by atoms with E-state index in [1.165, 1.54) is 26.5 Å². The van der Waals surface area contributed by atoms with Crippen molar-refractivity contribution in [3.63, 3.8) is 0 Å². The van der Waals surface area contributed by atoms with E-state index in [9.17, 15) is 9.59 Å². The van der Waals surface area contributed by atoms with Crippen molar-refractivity contribution in [2.24, 2.45) is 0 Å². The zero-order chi connectivity index (χ0) is 18.5. The van der Waals surface area contributed by atoms with Gasteiger partial charge in [0.25, 0.3) is 0 Å². The van der Waals surface area contributed by atoms with Crippen LogP contribution in [0.15, 0.2) is 12.7 Å². The number of imidazole rings is 1. The molecule has 2 aliphatic heterocycles. The zero-order valence-electron chi connectivity index (χ0n) is 14.1. The number of ether oxygens (including phenoxy) is 4. The van der Waals surface area contributed by atoms with Gasteiger partial charge in [-0.25, -0.2) is 15.0 Å². The van der Waals surface area contributed by atoms with Crippen molar-refractivity contribution in [3.8, 4) is 0 Å². The second-order valence-corrected chi connectivity index (χ2v) is 6.24. The number of fused-ring (bicyclic) bond motifs is 2. The Morgan fingerprint density at radius 3 is 2.58 bits per heavy atom. The van der Waals surface area contributed by atoms with E-state index < -0.39 is 23.8 Å². The number of esters is 2. The van der Waals surface area contributed by atoms with Gasteiger partial charge in [0, 0.05) is 13.8 Å².